The van der Waals surface area contributed by atoms with Crippen LogP contribution in [-0.2, 0) is 17.4 Å². The molecule has 0 saturated carbocycles. The Labute approximate surface area is 125 Å². The van der Waals surface area contributed by atoms with Gasteiger partial charge in [0.15, 0.2) is 0 Å². The van der Waals surface area contributed by atoms with E-state index in [0.717, 1.165) is 4.57 Å². The summed E-state index contributed by atoms with van der Waals surface area (Å²) in [7, 11) is 1.38. The van der Waals surface area contributed by atoms with Crippen molar-refractivity contribution in [3.8, 4) is 0 Å². The van der Waals surface area contributed by atoms with Crippen LogP contribution >= 0.6 is 0 Å². The third-order valence-corrected chi connectivity index (χ3v) is 3.82. The molecule has 1 atom stereocenters. The molecule has 8 heteroatoms. The molecule has 1 unspecified atom stereocenters. The van der Waals surface area contributed by atoms with Gasteiger partial charge in [-0.25, -0.2) is 4.98 Å². The predicted molar refractivity (Wildman–Crippen MR) is 72.7 cm³/mol. The lowest BCUT2D eigenvalue weighted by molar-refractivity contribution is -0.272. The fourth-order valence-corrected chi connectivity index (χ4v) is 2.49. The highest BCUT2D eigenvalue weighted by Gasteiger charge is 2.57. The number of halogens is 3. The minimum atomic E-state index is -4.88. The molecule has 1 aliphatic carbocycles. The van der Waals surface area contributed by atoms with Gasteiger partial charge in [0.25, 0.3) is 0 Å². The molecule has 1 aliphatic rings. The smallest absolute Gasteiger partial charge is 0.374 e. The highest BCUT2D eigenvalue weighted by Crippen LogP contribution is 2.40. The lowest BCUT2D eigenvalue weighted by Crippen LogP contribution is -2.47. The Morgan fingerprint density at radius 3 is 2.59 bits per heavy atom. The van der Waals surface area contributed by atoms with Crippen LogP contribution in [-0.4, -0.2) is 33.3 Å². The number of alkyl halides is 3. The van der Waals surface area contributed by atoms with E-state index in [9.17, 15) is 23.1 Å². The summed E-state index contributed by atoms with van der Waals surface area (Å²) in [5, 5.41) is 12.6. The van der Waals surface area contributed by atoms with E-state index in [0.29, 0.717) is 12.8 Å². The van der Waals surface area contributed by atoms with Crippen LogP contribution in [0, 0.1) is 5.92 Å². The summed E-state index contributed by atoms with van der Waals surface area (Å²) in [6, 6.07) is 0. The Hall–Kier alpha value is -1.83. The van der Waals surface area contributed by atoms with Crippen molar-refractivity contribution < 1.29 is 23.1 Å². The second kappa shape index (κ2) is 6.12. The second-order valence-corrected chi connectivity index (χ2v) is 5.40. The monoisotopic (exact) mass is 317 g/mol. The van der Waals surface area contributed by atoms with E-state index in [1.54, 1.807) is 0 Å². The maximum absolute atomic E-state index is 13.2. The first-order chi connectivity index (χ1) is 10.3. The summed E-state index contributed by atoms with van der Waals surface area (Å²) in [4.78, 5) is 15.4. The molecule has 0 bridgehead atoms. The van der Waals surface area contributed by atoms with Gasteiger partial charge in [-0.05, 0) is 12.8 Å². The molecular formula is C14H18F3N3O2. The normalized spacial score (nSPS) is 18.4. The molecule has 0 aromatic carbocycles. The number of aromatic nitrogens is 2. The number of nitrogens with zero attached hydrogens (tertiary/aromatic N) is 2. The first kappa shape index (κ1) is 16.5. The highest BCUT2D eigenvalue weighted by atomic mass is 19.4. The quantitative estimate of drug-likeness (QED) is 0.811. The summed E-state index contributed by atoms with van der Waals surface area (Å²) >= 11 is 0. The molecule has 5 nitrogen and oxygen atoms in total. The van der Waals surface area contributed by atoms with E-state index < -0.39 is 24.0 Å². The standard InChI is InChI=1S/C14H18F3N3O2/c1-20-9-8-19-12(20)13(22,14(15,16)17)6-7-18-11(21)10-4-2-3-5-10/h2-3,8-10,22H,4-7H2,1H3,(H,18,21). The fourth-order valence-electron chi connectivity index (χ4n) is 2.49. The Morgan fingerprint density at radius 2 is 2.09 bits per heavy atom. The van der Waals surface area contributed by atoms with Crippen molar-refractivity contribution in [1.29, 1.82) is 0 Å². The first-order valence-corrected chi connectivity index (χ1v) is 6.95. The number of aryl methyl sites for hydroxylation is 1. The van der Waals surface area contributed by atoms with Gasteiger partial charge in [0.2, 0.25) is 11.5 Å². The number of hydrogen-bond acceptors (Lipinski definition) is 3. The Kier molecular flexibility index (Phi) is 4.60. The van der Waals surface area contributed by atoms with E-state index in [1.807, 2.05) is 12.2 Å². The van der Waals surface area contributed by atoms with Crippen LogP contribution in [0.3, 0.4) is 0 Å². The summed E-state index contributed by atoms with van der Waals surface area (Å²) in [5.74, 6) is -1.02. The molecule has 0 radical (unpaired) electrons. The molecule has 1 heterocycles. The molecule has 2 rings (SSSR count). The van der Waals surface area contributed by atoms with Crippen molar-refractivity contribution >= 4 is 5.91 Å². The van der Waals surface area contributed by atoms with Crippen molar-refractivity contribution in [2.45, 2.75) is 31.0 Å². The van der Waals surface area contributed by atoms with Crippen LogP contribution < -0.4 is 5.32 Å². The van der Waals surface area contributed by atoms with Gasteiger partial charge in [0.05, 0.1) is 0 Å². The lowest BCUT2D eigenvalue weighted by atomic mass is 9.97. The summed E-state index contributed by atoms with van der Waals surface area (Å²) in [5.41, 5.74) is -3.09. The SMILES string of the molecule is Cn1ccnc1C(O)(CCNC(=O)C1CC=CC1)C(F)(F)F. The summed E-state index contributed by atoms with van der Waals surface area (Å²) in [6.07, 6.45) is 1.86. The molecule has 0 aliphatic heterocycles. The number of hydrogen-bond donors (Lipinski definition) is 2. The van der Waals surface area contributed by atoms with E-state index in [1.165, 1.54) is 19.4 Å². The van der Waals surface area contributed by atoms with Gasteiger partial charge in [0, 0.05) is 38.3 Å². The second-order valence-electron chi connectivity index (χ2n) is 5.40. The van der Waals surface area contributed by atoms with Gasteiger partial charge in [-0.3, -0.25) is 4.79 Å². The number of imidazole rings is 1. The first-order valence-electron chi connectivity index (χ1n) is 6.95. The molecule has 0 saturated heterocycles. The molecular weight excluding hydrogens is 299 g/mol. The van der Waals surface area contributed by atoms with Gasteiger partial charge in [-0.2, -0.15) is 13.2 Å². The maximum Gasteiger partial charge on any atom is 0.424 e. The number of carbonyl (C=O) groups is 1. The minimum Gasteiger partial charge on any atom is -0.374 e. The molecule has 22 heavy (non-hydrogen) atoms. The Balaban J connectivity index is 2.02. The van der Waals surface area contributed by atoms with Gasteiger partial charge >= 0.3 is 6.18 Å². The van der Waals surface area contributed by atoms with Crippen LogP contribution in [0.1, 0.15) is 25.1 Å². The number of allylic oxidation sites excluding steroid dienone is 2. The fraction of sp³-hybridized carbons (Fsp3) is 0.571. The van der Waals surface area contributed by atoms with Crippen molar-refractivity contribution in [3.05, 3.63) is 30.4 Å². The number of carbonyl (C=O) groups excluding carboxylic acids is 1. The zero-order chi connectivity index (χ0) is 16.4. The van der Waals surface area contributed by atoms with Crippen molar-refractivity contribution in [3.63, 3.8) is 0 Å². The van der Waals surface area contributed by atoms with Gasteiger partial charge in [-0.1, -0.05) is 12.2 Å². The number of aliphatic hydroxyl groups is 1. The third-order valence-electron chi connectivity index (χ3n) is 3.82. The lowest BCUT2D eigenvalue weighted by Gasteiger charge is -2.30. The van der Waals surface area contributed by atoms with E-state index in [4.69, 9.17) is 0 Å². The summed E-state index contributed by atoms with van der Waals surface area (Å²) < 4.78 is 40.9. The van der Waals surface area contributed by atoms with Crippen LogP contribution in [0.15, 0.2) is 24.5 Å². The van der Waals surface area contributed by atoms with Crippen LogP contribution in [0.25, 0.3) is 0 Å². The number of rotatable bonds is 5. The third kappa shape index (κ3) is 3.16. The molecule has 1 amide bonds. The molecule has 0 spiro atoms. The van der Waals surface area contributed by atoms with Crippen LogP contribution in [0.2, 0.25) is 0 Å². The van der Waals surface area contributed by atoms with Crippen molar-refractivity contribution in [2.75, 3.05) is 6.54 Å². The molecule has 122 valence electrons. The topological polar surface area (TPSA) is 67.2 Å². The Morgan fingerprint density at radius 1 is 1.45 bits per heavy atom. The average molecular weight is 317 g/mol. The van der Waals surface area contributed by atoms with Crippen molar-refractivity contribution in [2.24, 2.45) is 13.0 Å². The van der Waals surface area contributed by atoms with Gasteiger partial charge < -0.3 is 15.0 Å². The molecule has 1 aromatic heterocycles. The van der Waals surface area contributed by atoms with Crippen molar-refractivity contribution in [1.82, 2.24) is 14.9 Å². The van der Waals surface area contributed by atoms with Gasteiger partial charge in [0.1, 0.15) is 5.82 Å². The largest absolute Gasteiger partial charge is 0.424 e. The van der Waals surface area contributed by atoms with Crippen LogP contribution in [0.5, 0.6) is 0 Å². The zero-order valence-electron chi connectivity index (χ0n) is 12.1. The van der Waals surface area contributed by atoms with E-state index in [2.05, 4.69) is 10.3 Å². The predicted octanol–water partition coefficient (Wildman–Crippen LogP) is 1.64. The molecule has 0 fully saturated rings. The van der Waals surface area contributed by atoms with Gasteiger partial charge in [-0.15, -0.1) is 0 Å². The maximum atomic E-state index is 13.2. The molecule has 1 aromatic rings. The number of nitrogens with one attached hydrogen (secondary N) is 1. The Bertz CT molecular complexity index is 560. The number of amides is 1. The van der Waals surface area contributed by atoms with Crippen LogP contribution in [0.4, 0.5) is 13.2 Å². The van der Waals surface area contributed by atoms with E-state index in [-0.39, 0.29) is 18.4 Å². The molecule has 2 N–H and O–H groups in total. The summed E-state index contributed by atoms with van der Waals surface area (Å²) in [6.45, 7) is -0.280. The average Bonchev–Trinajstić information content (AvgIpc) is 3.07. The zero-order valence-corrected chi connectivity index (χ0v) is 12.1. The highest BCUT2D eigenvalue weighted by molar-refractivity contribution is 5.79. The minimum absolute atomic E-state index is 0.229. The van der Waals surface area contributed by atoms with E-state index >= 15 is 0 Å².